The molecular weight excluding hydrogens is 339 g/mol. The molecule has 2 aromatic heterocycles. The van der Waals surface area contributed by atoms with E-state index < -0.39 is 0 Å². The van der Waals surface area contributed by atoms with Crippen molar-refractivity contribution in [1.82, 2.24) is 9.38 Å². The van der Waals surface area contributed by atoms with E-state index in [1.165, 1.54) is 23.3 Å². The Balaban J connectivity index is 1.88. The highest BCUT2D eigenvalue weighted by Crippen LogP contribution is 2.33. The highest BCUT2D eigenvalue weighted by atomic mass is 19.1. The minimum Gasteiger partial charge on any atom is -0.282 e. The first-order chi connectivity index (χ1) is 13.0. The summed E-state index contributed by atoms with van der Waals surface area (Å²) >= 11 is 0. The standard InChI is InChI=1S/C22H19FN4/c1-14-6-11-19(13-16(14)3)25-26-22-20(17-7-9-18(23)10-8-17)24-21-15(2)5-4-12-27(21)22/h4-13H,1-3H3. The molecule has 0 saturated carbocycles. The van der Waals surface area contributed by atoms with Crippen LogP contribution >= 0.6 is 0 Å². The van der Waals surface area contributed by atoms with Crippen LogP contribution in [-0.2, 0) is 0 Å². The van der Waals surface area contributed by atoms with Gasteiger partial charge in [-0.1, -0.05) is 12.1 Å². The first-order valence-electron chi connectivity index (χ1n) is 8.75. The van der Waals surface area contributed by atoms with Gasteiger partial charge < -0.3 is 0 Å². The summed E-state index contributed by atoms with van der Waals surface area (Å²) in [6.45, 7) is 6.12. The summed E-state index contributed by atoms with van der Waals surface area (Å²) in [5.74, 6) is 0.343. The summed E-state index contributed by atoms with van der Waals surface area (Å²) in [5.41, 5.74) is 6.49. The summed E-state index contributed by atoms with van der Waals surface area (Å²) in [7, 11) is 0. The molecule has 0 aliphatic carbocycles. The number of aryl methyl sites for hydroxylation is 3. The molecule has 0 amide bonds. The fourth-order valence-corrected chi connectivity index (χ4v) is 2.98. The van der Waals surface area contributed by atoms with Gasteiger partial charge in [-0.05, 0) is 79.9 Å². The molecule has 27 heavy (non-hydrogen) atoms. The zero-order chi connectivity index (χ0) is 19.0. The number of hydrogen-bond donors (Lipinski definition) is 0. The molecule has 5 heteroatoms. The second-order valence-electron chi connectivity index (χ2n) is 6.64. The van der Waals surface area contributed by atoms with E-state index in [2.05, 4.69) is 24.1 Å². The summed E-state index contributed by atoms with van der Waals surface area (Å²) in [5, 5.41) is 8.93. The fourth-order valence-electron chi connectivity index (χ4n) is 2.98. The largest absolute Gasteiger partial charge is 0.282 e. The van der Waals surface area contributed by atoms with Crippen molar-refractivity contribution >= 4 is 17.2 Å². The molecule has 0 N–H and O–H groups in total. The van der Waals surface area contributed by atoms with E-state index in [1.54, 1.807) is 12.1 Å². The second kappa shape index (κ2) is 6.76. The zero-order valence-electron chi connectivity index (χ0n) is 15.4. The maximum atomic E-state index is 13.3. The number of imidazole rings is 1. The topological polar surface area (TPSA) is 42.0 Å². The Kier molecular flexibility index (Phi) is 4.28. The van der Waals surface area contributed by atoms with Crippen molar-refractivity contribution in [2.45, 2.75) is 20.8 Å². The molecule has 0 aliphatic rings. The van der Waals surface area contributed by atoms with E-state index in [0.717, 1.165) is 22.5 Å². The van der Waals surface area contributed by atoms with Crippen molar-refractivity contribution in [3.63, 3.8) is 0 Å². The lowest BCUT2D eigenvalue weighted by molar-refractivity contribution is 0.628. The van der Waals surface area contributed by atoms with E-state index >= 15 is 0 Å². The van der Waals surface area contributed by atoms with Gasteiger partial charge in [-0.15, -0.1) is 10.2 Å². The van der Waals surface area contributed by atoms with Crippen LogP contribution < -0.4 is 0 Å². The summed E-state index contributed by atoms with van der Waals surface area (Å²) in [4.78, 5) is 4.74. The molecule has 0 saturated heterocycles. The predicted molar refractivity (Wildman–Crippen MR) is 105 cm³/mol. The molecule has 0 atom stereocenters. The van der Waals surface area contributed by atoms with Crippen molar-refractivity contribution in [2.75, 3.05) is 0 Å². The van der Waals surface area contributed by atoms with E-state index in [-0.39, 0.29) is 5.82 Å². The van der Waals surface area contributed by atoms with Gasteiger partial charge in [0.15, 0.2) is 5.82 Å². The van der Waals surface area contributed by atoms with Crippen LogP contribution in [0.3, 0.4) is 0 Å². The molecule has 4 aromatic rings. The van der Waals surface area contributed by atoms with Gasteiger partial charge in [0.2, 0.25) is 0 Å². The molecule has 2 aromatic carbocycles. The Hall–Kier alpha value is -3.34. The number of nitrogens with zero attached hydrogens (tertiary/aromatic N) is 4. The SMILES string of the molecule is Cc1ccc(N=Nc2c(-c3ccc(F)cc3)nc3c(C)cccn23)cc1C. The third kappa shape index (κ3) is 3.24. The summed E-state index contributed by atoms with van der Waals surface area (Å²) in [6.07, 6.45) is 1.91. The van der Waals surface area contributed by atoms with Crippen molar-refractivity contribution in [3.05, 3.63) is 83.3 Å². The van der Waals surface area contributed by atoms with Gasteiger partial charge in [0.05, 0.1) is 5.69 Å². The Labute approximate surface area is 157 Å². The molecule has 0 radical (unpaired) electrons. The minimum absolute atomic E-state index is 0.281. The third-order valence-corrected chi connectivity index (χ3v) is 4.69. The van der Waals surface area contributed by atoms with Gasteiger partial charge in [-0.3, -0.25) is 4.40 Å². The Morgan fingerprint density at radius 1 is 0.852 bits per heavy atom. The van der Waals surface area contributed by atoms with Crippen LogP contribution in [0.1, 0.15) is 16.7 Å². The molecule has 134 valence electrons. The Morgan fingerprint density at radius 2 is 1.63 bits per heavy atom. The maximum absolute atomic E-state index is 13.3. The monoisotopic (exact) mass is 358 g/mol. The van der Waals surface area contributed by atoms with Gasteiger partial charge in [0.25, 0.3) is 0 Å². The third-order valence-electron chi connectivity index (χ3n) is 4.69. The number of benzene rings is 2. The normalized spacial score (nSPS) is 11.6. The van der Waals surface area contributed by atoms with Gasteiger partial charge in [0.1, 0.15) is 17.2 Å². The molecule has 4 rings (SSSR count). The number of azo groups is 1. The zero-order valence-corrected chi connectivity index (χ0v) is 15.4. The molecule has 0 spiro atoms. The van der Waals surface area contributed by atoms with Crippen LogP contribution in [0.25, 0.3) is 16.9 Å². The maximum Gasteiger partial charge on any atom is 0.187 e. The van der Waals surface area contributed by atoms with Crippen molar-refractivity contribution in [3.8, 4) is 11.3 Å². The molecule has 0 bridgehead atoms. The number of aromatic nitrogens is 2. The van der Waals surface area contributed by atoms with Gasteiger partial charge >= 0.3 is 0 Å². The number of halogens is 1. The van der Waals surface area contributed by atoms with Crippen LogP contribution in [-0.4, -0.2) is 9.38 Å². The fraction of sp³-hybridized carbons (Fsp3) is 0.136. The molecule has 4 nitrogen and oxygen atoms in total. The number of fused-ring (bicyclic) bond motifs is 1. The van der Waals surface area contributed by atoms with Gasteiger partial charge in [-0.25, -0.2) is 9.37 Å². The number of rotatable bonds is 3. The summed E-state index contributed by atoms with van der Waals surface area (Å²) < 4.78 is 15.3. The summed E-state index contributed by atoms with van der Waals surface area (Å²) in [6, 6.07) is 16.2. The Morgan fingerprint density at radius 3 is 2.37 bits per heavy atom. The first kappa shape index (κ1) is 17.1. The minimum atomic E-state index is -0.281. The van der Waals surface area contributed by atoms with Crippen LogP contribution in [0.5, 0.6) is 0 Å². The van der Waals surface area contributed by atoms with Gasteiger partial charge in [-0.2, -0.15) is 0 Å². The lowest BCUT2D eigenvalue weighted by atomic mass is 10.1. The van der Waals surface area contributed by atoms with Crippen LogP contribution in [0, 0.1) is 26.6 Å². The highest BCUT2D eigenvalue weighted by Gasteiger charge is 2.15. The van der Waals surface area contributed by atoms with Crippen molar-refractivity contribution < 1.29 is 4.39 Å². The highest BCUT2D eigenvalue weighted by molar-refractivity contribution is 5.75. The van der Waals surface area contributed by atoms with Crippen molar-refractivity contribution in [1.29, 1.82) is 0 Å². The van der Waals surface area contributed by atoms with E-state index in [1.807, 2.05) is 47.9 Å². The lowest BCUT2D eigenvalue weighted by Gasteiger charge is -2.02. The van der Waals surface area contributed by atoms with Crippen molar-refractivity contribution in [2.24, 2.45) is 10.2 Å². The quantitative estimate of drug-likeness (QED) is 0.386. The average Bonchev–Trinajstić information content (AvgIpc) is 3.03. The van der Waals surface area contributed by atoms with Crippen LogP contribution in [0.2, 0.25) is 0 Å². The number of pyridine rings is 1. The molecular formula is C22H19FN4. The van der Waals surface area contributed by atoms with Crippen LogP contribution in [0.4, 0.5) is 15.9 Å². The van der Waals surface area contributed by atoms with Gasteiger partial charge in [0, 0.05) is 11.8 Å². The van der Waals surface area contributed by atoms with E-state index in [9.17, 15) is 4.39 Å². The average molecular weight is 358 g/mol. The van der Waals surface area contributed by atoms with E-state index in [4.69, 9.17) is 4.98 Å². The first-order valence-corrected chi connectivity index (χ1v) is 8.75. The second-order valence-corrected chi connectivity index (χ2v) is 6.64. The predicted octanol–water partition coefficient (Wildman–Crippen LogP) is 6.48. The Bertz CT molecular complexity index is 1160. The molecule has 2 heterocycles. The van der Waals surface area contributed by atoms with E-state index in [0.29, 0.717) is 11.5 Å². The molecule has 0 unspecified atom stereocenters. The number of hydrogen-bond acceptors (Lipinski definition) is 3. The van der Waals surface area contributed by atoms with Crippen LogP contribution in [0.15, 0.2) is 71.0 Å². The molecule has 0 fully saturated rings. The molecule has 0 aliphatic heterocycles. The smallest absolute Gasteiger partial charge is 0.187 e. The lowest BCUT2D eigenvalue weighted by Crippen LogP contribution is -1.85.